The molecule has 4 aliphatic heterocycles. The molecule has 0 radical (unpaired) electrons. The average molecular weight is 936 g/mol. The highest BCUT2D eigenvalue weighted by molar-refractivity contribution is 7.84. The minimum Gasteiger partial charge on any atom is -0.493 e. The standard InChI is InChI=1S/C48H54FN9O8S/c1-5-65-41-26-31(6-11-39(41)64-3)38(29-67(4)63)58-46(60)34-12-17-50-45(43(34)47(58)61)56-19-14-30(15-20-56)13-18-54-22-24-55(25-23-54)32-7-9-33(10-8-32)66-40-28-37-35(27-36(40)49)44(52-53(37)2)57-21-16-42(59)51-48(57)62/h6-12,17,26-28,30,38H,5,13-16,18-25,29H2,1-4H3,(H,51,59,62). The number of urea groups is 1. The minimum atomic E-state index is -1.33. The monoisotopic (exact) mass is 935 g/mol. The van der Waals surface area contributed by atoms with Crippen molar-refractivity contribution in [2.45, 2.75) is 38.6 Å². The maximum Gasteiger partial charge on any atom is 0.329 e. The zero-order valence-corrected chi connectivity index (χ0v) is 38.9. The van der Waals surface area contributed by atoms with E-state index < -0.39 is 40.5 Å². The van der Waals surface area contributed by atoms with Crippen LogP contribution < -0.4 is 34.2 Å². The van der Waals surface area contributed by atoms with Gasteiger partial charge in [-0.05, 0) is 92.7 Å². The molecule has 19 heteroatoms. The van der Waals surface area contributed by atoms with Gasteiger partial charge < -0.3 is 24.0 Å². The topological polar surface area (TPSA) is 172 Å². The molecule has 4 aliphatic rings. The fraction of sp³-hybridized carbons (Fsp3) is 0.417. The predicted octanol–water partition coefficient (Wildman–Crippen LogP) is 5.90. The van der Waals surface area contributed by atoms with Crippen molar-refractivity contribution in [3.05, 3.63) is 89.4 Å². The van der Waals surface area contributed by atoms with Crippen molar-refractivity contribution in [3.63, 3.8) is 0 Å². The van der Waals surface area contributed by atoms with Gasteiger partial charge in [-0.3, -0.25) is 43.3 Å². The van der Waals surface area contributed by atoms with Crippen LogP contribution in [0.25, 0.3) is 10.9 Å². The van der Waals surface area contributed by atoms with Gasteiger partial charge in [-0.15, -0.1) is 0 Å². The quantitative estimate of drug-likeness (QED) is 0.123. The Balaban J connectivity index is 0.765. The fourth-order valence-electron chi connectivity index (χ4n) is 9.58. The number of halogens is 1. The number of amides is 5. The van der Waals surface area contributed by atoms with Crippen LogP contribution in [0.5, 0.6) is 23.0 Å². The van der Waals surface area contributed by atoms with Crippen molar-refractivity contribution < 1.29 is 42.0 Å². The van der Waals surface area contributed by atoms with E-state index in [9.17, 15) is 23.4 Å². The van der Waals surface area contributed by atoms with E-state index in [1.807, 2.05) is 31.2 Å². The second-order valence-corrected chi connectivity index (χ2v) is 18.8. The lowest BCUT2D eigenvalue weighted by Gasteiger charge is -2.38. The summed E-state index contributed by atoms with van der Waals surface area (Å²) in [4.78, 5) is 66.6. The molecule has 2 aromatic heterocycles. The molecule has 0 aliphatic carbocycles. The lowest BCUT2D eigenvalue weighted by atomic mass is 9.93. The number of fused-ring (bicyclic) bond motifs is 2. The number of hydrogen-bond acceptors (Lipinski definition) is 13. The van der Waals surface area contributed by atoms with Crippen molar-refractivity contribution in [1.29, 1.82) is 0 Å². The number of piperidine rings is 1. The molecule has 5 amide bonds. The number of aromatic nitrogens is 3. The van der Waals surface area contributed by atoms with Gasteiger partial charge in [0, 0.05) is 105 Å². The molecule has 17 nitrogen and oxygen atoms in total. The number of ether oxygens (including phenoxy) is 3. The highest BCUT2D eigenvalue weighted by Crippen LogP contribution is 2.40. The van der Waals surface area contributed by atoms with Crippen molar-refractivity contribution in [3.8, 4) is 23.0 Å². The summed E-state index contributed by atoms with van der Waals surface area (Å²) in [6.45, 7) is 8.42. The molecule has 0 spiro atoms. The zero-order valence-electron chi connectivity index (χ0n) is 38.0. The van der Waals surface area contributed by atoms with Gasteiger partial charge in [0.25, 0.3) is 11.8 Å². The number of aryl methyl sites for hydroxylation is 1. The number of hydrogen-bond donors (Lipinski definition) is 1. The smallest absolute Gasteiger partial charge is 0.329 e. The predicted molar refractivity (Wildman–Crippen MR) is 251 cm³/mol. The average Bonchev–Trinajstić information content (AvgIpc) is 3.78. The van der Waals surface area contributed by atoms with E-state index in [4.69, 9.17) is 14.2 Å². The third-order valence-corrected chi connectivity index (χ3v) is 13.9. The largest absolute Gasteiger partial charge is 0.493 e. The van der Waals surface area contributed by atoms with E-state index in [-0.39, 0.29) is 36.2 Å². The summed E-state index contributed by atoms with van der Waals surface area (Å²) >= 11 is 0. The van der Waals surface area contributed by atoms with Gasteiger partial charge in [0.1, 0.15) is 11.6 Å². The molecular formula is C48H54FN9O8S. The third kappa shape index (κ3) is 9.26. The van der Waals surface area contributed by atoms with Crippen LogP contribution in [0, 0.1) is 11.7 Å². The number of carbonyl (C=O) groups excluding carboxylic acids is 4. The number of methoxy groups -OCH3 is 1. The van der Waals surface area contributed by atoms with Crippen LogP contribution in [0.1, 0.15) is 64.9 Å². The molecule has 0 bridgehead atoms. The Hall–Kier alpha value is -6.60. The van der Waals surface area contributed by atoms with Crippen LogP contribution in [-0.4, -0.2) is 131 Å². The molecular weight excluding hydrogens is 882 g/mol. The highest BCUT2D eigenvalue weighted by atomic mass is 32.2. The molecule has 0 saturated carbocycles. The van der Waals surface area contributed by atoms with Crippen LogP contribution in [0.15, 0.2) is 66.9 Å². The van der Waals surface area contributed by atoms with Crippen molar-refractivity contribution in [1.82, 2.24) is 29.9 Å². The number of carbonyl (C=O) groups is 4. The van der Waals surface area contributed by atoms with Gasteiger partial charge in [-0.25, -0.2) is 14.2 Å². The molecule has 2 unspecified atom stereocenters. The molecule has 352 valence electrons. The summed E-state index contributed by atoms with van der Waals surface area (Å²) < 4.78 is 46.9. The van der Waals surface area contributed by atoms with Gasteiger partial charge >= 0.3 is 6.03 Å². The van der Waals surface area contributed by atoms with Crippen molar-refractivity contribution >= 4 is 62.8 Å². The van der Waals surface area contributed by atoms with Crippen LogP contribution in [0.2, 0.25) is 0 Å². The SMILES string of the molecule is CCOc1cc(C(CS(C)=O)N2C(=O)c3ccnc(N4CCC(CCN5CCN(c6ccc(Oc7cc8c(cc7F)c(N7CCC(=O)NC7=O)nn8C)cc6)CC5)CC4)c3C2=O)ccc1OC. The number of rotatable bonds is 15. The number of nitrogens with one attached hydrogen (secondary N) is 1. The molecule has 3 fully saturated rings. The number of anilines is 3. The second-order valence-electron chi connectivity index (χ2n) is 17.3. The molecule has 9 rings (SSSR count). The Morgan fingerprint density at radius 2 is 1.63 bits per heavy atom. The van der Waals surface area contributed by atoms with Crippen LogP contribution in [0.3, 0.4) is 0 Å². The van der Waals surface area contributed by atoms with Gasteiger partial charge in [-0.1, -0.05) is 6.07 Å². The number of piperazine rings is 1. The van der Waals surface area contributed by atoms with Crippen LogP contribution >= 0.6 is 0 Å². The molecule has 3 saturated heterocycles. The summed E-state index contributed by atoms with van der Waals surface area (Å²) in [5, 5.41) is 7.16. The Bertz CT molecular complexity index is 2740. The molecule has 6 heterocycles. The lowest BCUT2D eigenvalue weighted by molar-refractivity contribution is -0.120. The number of benzene rings is 3. The van der Waals surface area contributed by atoms with E-state index in [1.165, 1.54) is 15.9 Å². The molecule has 3 aromatic carbocycles. The first-order valence-corrected chi connectivity index (χ1v) is 24.4. The Labute approximate surface area is 390 Å². The van der Waals surface area contributed by atoms with E-state index in [0.717, 1.165) is 70.8 Å². The molecule has 2 atom stereocenters. The normalized spacial score (nSPS) is 18.1. The Morgan fingerprint density at radius 1 is 0.866 bits per heavy atom. The second kappa shape index (κ2) is 19.3. The van der Waals surface area contributed by atoms with Gasteiger partial charge in [-0.2, -0.15) is 5.10 Å². The molecule has 5 aromatic rings. The summed E-state index contributed by atoms with van der Waals surface area (Å²) in [7, 11) is 1.93. The maximum atomic E-state index is 15.4. The number of imide groups is 2. The Kier molecular flexibility index (Phi) is 13.1. The molecule has 67 heavy (non-hydrogen) atoms. The van der Waals surface area contributed by atoms with Gasteiger partial charge in [0.15, 0.2) is 28.9 Å². The zero-order chi connectivity index (χ0) is 46.9. The van der Waals surface area contributed by atoms with E-state index in [2.05, 4.69) is 30.1 Å². The van der Waals surface area contributed by atoms with E-state index in [0.29, 0.717) is 63.2 Å². The first-order valence-electron chi connectivity index (χ1n) is 22.7. The van der Waals surface area contributed by atoms with Crippen LogP contribution in [-0.2, 0) is 22.6 Å². The van der Waals surface area contributed by atoms with Crippen molar-refractivity contribution in [2.75, 3.05) is 92.8 Å². The first kappa shape index (κ1) is 45.6. The Morgan fingerprint density at radius 3 is 2.33 bits per heavy atom. The minimum absolute atomic E-state index is 0.0329. The van der Waals surface area contributed by atoms with Crippen molar-refractivity contribution in [2.24, 2.45) is 13.0 Å². The van der Waals surface area contributed by atoms with Crippen LogP contribution in [0.4, 0.5) is 26.5 Å². The number of pyridine rings is 1. The van der Waals surface area contributed by atoms with Gasteiger partial charge in [0.2, 0.25) is 5.91 Å². The summed E-state index contributed by atoms with van der Waals surface area (Å²) in [5.74, 6) is 1.09. The summed E-state index contributed by atoms with van der Waals surface area (Å²) in [6.07, 6.45) is 6.23. The van der Waals surface area contributed by atoms with Gasteiger partial charge in [0.05, 0.1) is 36.4 Å². The summed E-state index contributed by atoms with van der Waals surface area (Å²) in [5.41, 5.74) is 2.88. The number of nitrogens with zero attached hydrogens (tertiary/aromatic N) is 8. The lowest BCUT2D eigenvalue weighted by Crippen LogP contribution is -2.49. The summed E-state index contributed by atoms with van der Waals surface area (Å²) in [6, 6.07) is 16.0. The maximum absolute atomic E-state index is 15.4. The highest BCUT2D eigenvalue weighted by Gasteiger charge is 2.44. The molecule has 1 N–H and O–H groups in total. The van der Waals surface area contributed by atoms with E-state index in [1.54, 1.807) is 61.6 Å². The fourth-order valence-corrected chi connectivity index (χ4v) is 10.4. The first-order chi connectivity index (χ1) is 32.4. The van der Waals surface area contributed by atoms with E-state index >= 15 is 4.39 Å². The third-order valence-electron chi connectivity index (χ3n) is 13.2.